The summed E-state index contributed by atoms with van der Waals surface area (Å²) in [6, 6.07) is 8.16. The second kappa shape index (κ2) is 11.3. The summed E-state index contributed by atoms with van der Waals surface area (Å²) >= 11 is 1.78. The van der Waals surface area contributed by atoms with Crippen molar-refractivity contribution < 1.29 is 13.9 Å². The van der Waals surface area contributed by atoms with Crippen LogP contribution in [0.2, 0.25) is 0 Å². The van der Waals surface area contributed by atoms with Crippen LogP contribution >= 0.6 is 11.3 Å². The maximum Gasteiger partial charge on any atom is 0.225 e. The van der Waals surface area contributed by atoms with Gasteiger partial charge in [-0.05, 0) is 36.4 Å². The number of likely N-dealkylation sites (tertiary alicyclic amines) is 1. The zero-order valence-corrected chi connectivity index (χ0v) is 18.8. The molecule has 7 nitrogen and oxygen atoms in total. The molecule has 4 rings (SSSR count). The predicted molar refractivity (Wildman–Crippen MR) is 122 cm³/mol. The van der Waals surface area contributed by atoms with Crippen molar-refractivity contribution in [2.75, 3.05) is 52.5 Å². The Hall–Kier alpha value is -2.32. The Morgan fingerprint density at radius 3 is 2.65 bits per heavy atom. The van der Waals surface area contributed by atoms with Crippen LogP contribution in [0.4, 0.5) is 0 Å². The fourth-order valence-electron chi connectivity index (χ4n) is 4.13. The molecule has 0 aliphatic carbocycles. The summed E-state index contributed by atoms with van der Waals surface area (Å²) in [7, 11) is 0. The molecule has 2 saturated heterocycles. The first-order valence-corrected chi connectivity index (χ1v) is 12.1. The molecule has 0 radical (unpaired) electrons. The number of hydrogen-bond acceptors (Lipinski definition) is 5. The predicted octanol–water partition coefficient (Wildman–Crippen LogP) is 2.64. The third-order valence-electron chi connectivity index (χ3n) is 5.90. The van der Waals surface area contributed by atoms with Crippen molar-refractivity contribution in [2.45, 2.75) is 25.7 Å². The van der Waals surface area contributed by atoms with E-state index in [1.165, 1.54) is 4.88 Å². The Morgan fingerprint density at radius 2 is 1.94 bits per heavy atom. The molecule has 0 saturated carbocycles. The maximum atomic E-state index is 12.8. The lowest BCUT2D eigenvalue weighted by molar-refractivity contribution is -0.140. The number of hydrogen-bond donors (Lipinski definition) is 1. The first-order chi connectivity index (χ1) is 15.3. The highest BCUT2D eigenvalue weighted by atomic mass is 32.1. The third-order valence-corrected chi connectivity index (χ3v) is 6.84. The lowest BCUT2D eigenvalue weighted by Gasteiger charge is -2.36. The fraction of sp³-hybridized carbons (Fsp3) is 0.565. The molecule has 31 heavy (non-hydrogen) atoms. The lowest BCUT2D eigenvalue weighted by atomic mass is 9.95. The van der Waals surface area contributed by atoms with Crippen molar-refractivity contribution in [3.05, 3.63) is 46.5 Å². The average Bonchev–Trinajstić information content (AvgIpc) is 3.53. The SMILES string of the molecule is O=C(C1CCN(C(=NCCc2cccs2)NCCc2ccco2)CC1)N1CCOCC1. The highest BCUT2D eigenvalue weighted by Crippen LogP contribution is 2.20. The van der Waals surface area contributed by atoms with Crippen molar-refractivity contribution >= 4 is 23.2 Å². The Labute approximate surface area is 188 Å². The van der Waals surface area contributed by atoms with E-state index in [-0.39, 0.29) is 5.92 Å². The minimum Gasteiger partial charge on any atom is -0.469 e. The van der Waals surface area contributed by atoms with Crippen LogP contribution in [0.3, 0.4) is 0 Å². The molecular weight excluding hydrogens is 412 g/mol. The summed E-state index contributed by atoms with van der Waals surface area (Å²) in [6.45, 7) is 6.01. The van der Waals surface area contributed by atoms with Gasteiger partial charge in [0.05, 0.1) is 19.5 Å². The number of nitrogens with zero attached hydrogens (tertiary/aromatic N) is 3. The first-order valence-electron chi connectivity index (χ1n) is 11.2. The Kier molecular flexibility index (Phi) is 8.01. The van der Waals surface area contributed by atoms with Crippen LogP contribution in [0.5, 0.6) is 0 Å². The number of amides is 1. The monoisotopic (exact) mass is 444 g/mol. The molecule has 2 fully saturated rings. The molecule has 0 atom stereocenters. The van der Waals surface area contributed by atoms with E-state index in [4.69, 9.17) is 14.1 Å². The zero-order chi connectivity index (χ0) is 21.3. The molecule has 1 N–H and O–H groups in total. The standard InChI is InChI=1S/C23H32N4O3S/c28-22(26-13-16-29-17-14-26)19-7-11-27(12-8-19)23(24-9-5-20-3-1-15-30-20)25-10-6-21-4-2-18-31-21/h1-4,15,18-19H,5-14,16-17H2,(H,24,25). The van der Waals surface area contributed by atoms with E-state index in [1.54, 1.807) is 17.6 Å². The number of carbonyl (C=O) groups excluding carboxylic acids is 1. The number of rotatable bonds is 7. The van der Waals surface area contributed by atoms with Crippen molar-refractivity contribution in [3.63, 3.8) is 0 Å². The van der Waals surface area contributed by atoms with E-state index in [2.05, 4.69) is 27.7 Å². The third kappa shape index (κ3) is 6.33. The Balaban J connectivity index is 1.31. The normalized spacial score (nSPS) is 18.4. The second-order valence-electron chi connectivity index (χ2n) is 7.99. The van der Waals surface area contributed by atoms with Gasteiger partial charge in [0.1, 0.15) is 5.76 Å². The molecule has 0 unspecified atom stereocenters. The van der Waals surface area contributed by atoms with Gasteiger partial charge in [0.2, 0.25) is 5.91 Å². The van der Waals surface area contributed by atoms with E-state index in [0.717, 1.165) is 76.7 Å². The molecule has 8 heteroatoms. The van der Waals surface area contributed by atoms with Crippen molar-refractivity contribution in [1.29, 1.82) is 0 Å². The van der Waals surface area contributed by atoms with E-state index in [0.29, 0.717) is 19.1 Å². The highest BCUT2D eigenvalue weighted by Gasteiger charge is 2.30. The van der Waals surface area contributed by atoms with E-state index in [1.807, 2.05) is 17.0 Å². The number of furan rings is 1. The molecule has 4 heterocycles. The Bertz CT molecular complexity index is 808. The quantitative estimate of drug-likeness (QED) is 0.525. The second-order valence-corrected chi connectivity index (χ2v) is 9.02. The number of carbonyl (C=O) groups is 1. The molecule has 2 aliphatic rings. The summed E-state index contributed by atoms with van der Waals surface area (Å²) in [4.78, 5) is 23.4. The largest absolute Gasteiger partial charge is 0.469 e. The van der Waals surface area contributed by atoms with Gasteiger partial charge in [-0.3, -0.25) is 9.79 Å². The van der Waals surface area contributed by atoms with Crippen LogP contribution in [0, 0.1) is 5.92 Å². The van der Waals surface area contributed by atoms with Gasteiger partial charge in [0, 0.05) is 62.9 Å². The lowest BCUT2D eigenvalue weighted by Crippen LogP contribution is -2.50. The number of thiophene rings is 1. The van der Waals surface area contributed by atoms with Gasteiger partial charge in [-0.15, -0.1) is 11.3 Å². The topological polar surface area (TPSA) is 70.3 Å². The van der Waals surface area contributed by atoms with Crippen LogP contribution in [0.1, 0.15) is 23.5 Å². The van der Waals surface area contributed by atoms with Gasteiger partial charge in [0.25, 0.3) is 0 Å². The molecule has 2 aromatic rings. The average molecular weight is 445 g/mol. The summed E-state index contributed by atoms with van der Waals surface area (Å²) < 4.78 is 10.8. The number of aliphatic imine (C=N–C) groups is 1. The number of morpholine rings is 1. The summed E-state index contributed by atoms with van der Waals surface area (Å²) in [6.07, 6.45) is 5.23. The number of ether oxygens (including phenoxy) is 1. The maximum absolute atomic E-state index is 12.8. The number of piperidine rings is 1. The smallest absolute Gasteiger partial charge is 0.225 e. The highest BCUT2D eigenvalue weighted by molar-refractivity contribution is 7.09. The van der Waals surface area contributed by atoms with Crippen LogP contribution in [-0.4, -0.2) is 74.1 Å². The van der Waals surface area contributed by atoms with E-state index < -0.39 is 0 Å². The minimum atomic E-state index is 0.116. The molecule has 0 aromatic carbocycles. The van der Waals surface area contributed by atoms with Gasteiger partial charge in [-0.1, -0.05) is 6.07 Å². The molecule has 2 aliphatic heterocycles. The summed E-state index contributed by atoms with van der Waals surface area (Å²) in [5, 5.41) is 5.63. The van der Waals surface area contributed by atoms with E-state index >= 15 is 0 Å². The first kappa shape index (κ1) is 21.9. The molecule has 0 spiro atoms. The molecule has 168 valence electrons. The van der Waals surface area contributed by atoms with Crippen molar-refractivity contribution in [3.8, 4) is 0 Å². The van der Waals surface area contributed by atoms with Gasteiger partial charge in [-0.25, -0.2) is 0 Å². The van der Waals surface area contributed by atoms with Crippen LogP contribution in [0.25, 0.3) is 0 Å². The number of nitrogens with one attached hydrogen (secondary N) is 1. The van der Waals surface area contributed by atoms with Crippen LogP contribution < -0.4 is 5.32 Å². The molecule has 0 bridgehead atoms. The van der Waals surface area contributed by atoms with E-state index in [9.17, 15) is 4.79 Å². The number of guanidine groups is 1. The van der Waals surface area contributed by atoms with Gasteiger partial charge >= 0.3 is 0 Å². The molecule has 2 aromatic heterocycles. The minimum absolute atomic E-state index is 0.116. The molecular formula is C23H32N4O3S. The van der Waals surface area contributed by atoms with Gasteiger partial charge in [0.15, 0.2) is 5.96 Å². The fourth-order valence-corrected chi connectivity index (χ4v) is 4.83. The zero-order valence-electron chi connectivity index (χ0n) is 18.0. The van der Waals surface area contributed by atoms with Gasteiger partial charge in [-0.2, -0.15) is 0 Å². The summed E-state index contributed by atoms with van der Waals surface area (Å²) in [5.74, 6) is 2.33. The van der Waals surface area contributed by atoms with Crippen LogP contribution in [0.15, 0.2) is 45.3 Å². The van der Waals surface area contributed by atoms with Gasteiger partial charge < -0.3 is 24.3 Å². The molecule has 1 amide bonds. The van der Waals surface area contributed by atoms with Crippen molar-refractivity contribution in [1.82, 2.24) is 15.1 Å². The van der Waals surface area contributed by atoms with Crippen molar-refractivity contribution in [2.24, 2.45) is 10.9 Å². The Morgan fingerprint density at radius 1 is 1.10 bits per heavy atom. The van der Waals surface area contributed by atoms with Crippen LogP contribution in [-0.2, 0) is 22.4 Å². The summed E-state index contributed by atoms with van der Waals surface area (Å²) in [5.41, 5.74) is 0.